The summed E-state index contributed by atoms with van der Waals surface area (Å²) in [7, 11) is 1.36. The third kappa shape index (κ3) is 3.51. The number of rotatable bonds is 5. The van der Waals surface area contributed by atoms with Gasteiger partial charge in [-0.15, -0.1) is 0 Å². The third-order valence-corrected chi connectivity index (χ3v) is 2.79. The molecule has 0 aliphatic carbocycles. The zero-order valence-corrected chi connectivity index (χ0v) is 10.6. The third-order valence-electron chi connectivity index (χ3n) is 2.79. The summed E-state index contributed by atoms with van der Waals surface area (Å²) < 4.78 is 4.79. The van der Waals surface area contributed by atoms with E-state index in [0.29, 0.717) is 6.42 Å². The average Bonchev–Trinajstić information content (AvgIpc) is 2.92. The van der Waals surface area contributed by atoms with Crippen molar-refractivity contribution in [2.24, 2.45) is 0 Å². The highest BCUT2D eigenvalue weighted by Gasteiger charge is 2.19. The first-order valence-corrected chi connectivity index (χ1v) is 5.94. The molecule has 2 rings (SSSR count). The topological polar surface area (TPSA) is 74.3 Å². The van der Waals surface area contributed by atoms with Gasteiger partial charge in [0.05, 0.1) is 7.11 Å². The first-order valence-electron chi connectivity index (χ1n) is 5.94. The van der Waals surface area contributed by atoms with E-state index in [1.807, 2.05) is 12.1 Å². The Hall–Kier alpha value is -2.43. The number of carbonyl (C=O) groups is 1. The molecule has 0 fully saturated rings. The average molecular weight is 260 g/mol. The number of aromatic hydroxyl groups is 1. The number of nitrogens with one attached hydrogen (secondary N) is 2. The summed E-state index contributed by atoms with van der Waals surface area (Å²) in [5, 5.41) is 12.3. The second-order valence-electron chi connectivity index (χ2n) is 4.17. The standard InChI is InChI=1S/C14H16N2O3/c1-19-14(18)12(16-13-3-2-8-15-13)9-10-4-6-11(17)7-5-10/h2-8,12,15-17H,9H2,1H3/t12-/m0/s1. The Balaban J connectivity index is 2.09. The van der Waals surface area contributed by atoms with Gasteiger partial charge in [-0.05, 0) is 29.8 Å². The van der Waals surface area contributed by atoms with Crippen molar-refractivity contribution in [3.8, 4) is 5.75 Å². The maximum atomic E-state index is 11.8. The van der Waals surface area contributed by atoms with Crippen molar-refractivity contribution >= 4 is 11.8 Å². The molecule has 100 valence electrons. The number of methoxy groups -OCH3 is 1. The Labute approximate surface area is 111 Å². The maximum absolute atomic E-state index is 11.8. The van der Waals surface area contributed by atoms with Gasteiger partial charge in [0.2, 0.25) is 0 Å². The number of ether oxygens (including phenoxy) is 1. The minimum Gasteiger partial charge on any atom is -0.508 e. The van der Waals surface area contributed by atoms with Gasteiger partial charge in [-0.2, -0.15) is 0 Å². The summed E-state index contributed by atoms with van der Waals surface area (Å²) in [6.45, 7) is 0. The molecule has 5 heteroatoms. The monoisotopic (exact) mass is 260 g/mol. The lowest BCUT2D eigenvalue weighted by Crippen LogP contribution is -2.32. The van der Waals surface area contributed by atoms with Crippen molar-refractivity contribution in [2.75, 3.05) is 12.4 Å². The first-order chi connectivity index (χ1) is 9.19. The molecule has 0 amide bonds. The molecular formula is C14H16N2O3. The van der Waals surface area contributed by atoms with Crippen LogP contribution in [0.2, 0.25) is 0 Å². The van der Waals surface area contributed by atoms with Gasteiger partial charge in [0.15, 0.2) is 0 Å². The van der Waals surface area contributed by atoms with Crippen LogP contribution in [0.25, 0.3) is 0 Å². The predicted octanol–water partition coefficient (Wildman–Crippen LogP) is 1.92. The van der Waals surface area contributed by atoms with Crippen LogP contribution in [0.15, 0.2) is 42.6 Å². The second-order valence-corrected chi connectivity index (χ2v) is 4.17. The normalized spacial score (nSPS) is 11.8. The number of esters is 1. The zero-order chi connectivity index (χ0) is 13.7. The quantitative estimate of drug-likeness (QED) is 0.718. The van der Waals surface area contributed by atoms with Crippen LogP contribution in [0, 0.1) is 0 Å². The molecule has 1 aromatic heterocycles. The van der Waals surface area contributed by atoms with E-state index in [2.05, 4.69) is 10.3 Å². The lowest BCUT2D eigenvalue weighted by atomic mass is 10.1. The molecule has 0 bridgehead atoms. The van der Waals surface area contributed by atoms with Crippen LogP contribution in [0.4, 0.5) is 5.82 Å². The Morgan fingerprint density at radius 2 is 2.11 bits per heavy atom. The van der Waals surface area contributed by atoms with Crippen molar-refractivity contribution in [3.63, 3.8) is 0 Å². The molecule has 0 aliphatic heterocycles. The molecule has 1 heterocycles. The highest BCUT2D eigenvalue weighted by molar-refractivity contribution is 5.79. The van der Waals surface area contributed by atoms with Gasteiger partial charge < -0.3 is 20.1 Å². The maximum Gasteiger partial charge on any atom is 0.328 e. The highest BCUT2D eigenvalue weighted by atomic mass is 16.5. The van der Waals surface area contributed by atoms with Gasteiger partial charge in [-0.1, -0.05) is 12.1 Å². The molecule has 0 aliphatic rings. The fourth-order valence-electron chi connectivity index (χ4n) is 1.81. The van der Waals surface area contributed by atoms with E-state index in [-0.39, 0.29) is 11.7 Å². The molecule has 3 N–H and O–H groups in total. The van der Waals surface area contributed by atoms with Gasteiger partial charge in [0.1, 0.15) is 17.6 Å². The molecule has 0 unspecified atom stereocenters. The lowest BCUT2D eigenvalue weighted by Gasteiger charge is -2.16. The highest BCUT2D eigenvalue weighted by Crippen LogP contribution is 2.14. The molecule has 0 radical (unpaired) electrons. The van der Waals surface area contributed by atoms with Gasteiger partial charge in [0.25, 0.3) is 0 Å². The van der Waals surface area contributed by atoms with Crippen molar-refractivity contribution in [1.29, 1.82) is 0 Å². The molecule has 1 atom stereocenters. The SMILES string of the molecule is COC(=O)[C@H](Cc1ccc(O)cc1)Nc1ccc[nH]1. The van der Waals surface area contributed by atoms with E-state index in [1.165, 1.54) is 7.11 Å². The molecule has 19 heavy (non-hydrogen) atoms. The Bertz CT molecular complexity index is 520. The molecule has 0 spiro atoms. The Morgan fingerprint density at radius 3 is 2.68 bits per heavy atom. The minimum atomic E-state index is -0.479. The number of aromatic amines is 1. The van der Waals surface area contributed by atoms with Crippen LogP contribution >= 0.6 is 0 Å². The number of hydrogen-bond donors (Lipinski definition) is 3. The van der Waals surface area contributed by atoms with Crippen molar-refractivity contribution in [1.82, 2.24) is 4.98 Å². The lowest BCUT2D eigenvalue weighted by molar-refractivity contribution is -0.141. The van der Waals surface area contributed by atoms with Crippen molar-refractivity contribution in [2.45, 2.75) is 12.5 Å². The molecule has 5 nitrogen and oxygen atoms in total. The van der Waals surface area contributed by atoms with E-state index in [4.69, 9.17) is 4.74 Å². The van der Waals surface area contributed by atoms with Crippen molar-refractivity contribution < 1.29 is 14.6 Å². The zero-order valence-electron chi connectivity index (χ0n) is 10.6. The fraction of sp³-hybridized carbons (Fsp3) is 0.214. The number of anilines is 1. The summed E-state index contributed by atoms with van der Waals surface area (Å²) in [5.74, 6) is 0.632. The summed E-state index contributed by atoms with van der Waals surface area (Å²) in [5.41, 5.74) is 0.937. The Kier molecular flexibility index (Phi) is 4.07. The smallest absolute Gasteiger partial charge is 0.328 e. The van der Waals surface area contributed by atoms with E-state index in [9.17, 15) is 9.90 Å². The fourth-order valence-corrected chi connectivity index (χ4v) is 1.81. The second kappa shape index (κ2) is 5.95. The molecule has 0 saturated heterocycles. The van der Waals surface area contributed by atoms with Gasteiger partial charge in [-0.3, -0.25) is 0 Å². The van der Waals surface area contributed by atoms with E-state index >= 15 is 0 Å². The van der Waals surface area contributed by atoms with E-state index in [1.54, 1.807) is 30.5 Å². The number of H-pyrrole nitrogens is 1. The number of phenols is 1. The number of aromatic nitrogens is 1. The Morgan fingerprint density at radius 1 is 1.37 bits per heavy atom. The van der Waals surface area contributed by atoms with E-state index in [0.717, 1.165) is 11.4 Å². The van der Waals surface area contributed by atoms with Crippen LogP contribution in [0.5, 0.6) is 5.75 Å². The summed E-state index contributed by atoms with van der Waals surface area (Å²) in [6.07, 6.45) is 2.25. The summed E-state index contributed by atoms with van der Waals surface area (Å²) in [6, 6.07) is 9.96. The van der Waals surface area contributed by atoms with Gasteiger partial charge in [-0.25, -0.2) is 4.79 Å². The van der Waals surface area contributed by atoms with Crippen LogP contribution in [0.1, 0.15) is 5.56 Å². The predicted molar refractivity (Wildman–Crippen MR) is 72.0 cm³/mol. The largest absolute Gasteiger partial charge is 0.508 e. The number of carbonyl (C=O) groups excluding carboxylic acids is 1. The van der Waals surface area contributed by atoms with Crippen LogP contribution in [-0.2, 0) is 16.0 Å². The summed E-state index contributed by atoms with van der Waals surface area (Å²) >= 11 is 0. The van der Waals surface area contributed by atoms with Crippen LogP contribution in [-0.4, -0.2) is 29.2 Å². The van der Waals surface area contributed by atoms with Gasteiger partial charge in [0, 0.05) is 12.6 Å². The van der Waals surface area contributed by atoms with Crippen LogP contribution in [0.3, 0.4) is 0 Å². The van der Waals surface area contributed by atoms with Gasteiger partial charge >= 0.3 is 5.97 Å². The molecule has 0 saturated carbocycles. The molecular weight excluding hydrogens is 244 g/mol. The number of hydrogen-bond acceptors (Lipinski definition) is 4. The molecule has 1 aromatic carbocycles. The van der Waals surface area contributed by atoms with Crippen molar-refractivity contribution in [3.05, 3.63) is 48.2 Å². The minimum absolute atomic E-state index is 0.204. The number of phenolic OH excluding ortho intramolecular Hbond substituents is 1. The van der Waals surface area contributed by atoms with Crippen LogP contribution < -0.4 is 5.32 Å². The summed E-state index contributed by atoms with van der Waals surface area (Å²) in [4.78, 5) is 14.7. The number of benzene rings is 1. The first kappa shape index (κ1) is 13.0. The van der Waals surface area contributed by atoms with E-state index < -0.39 is 6.04 Å². The molecule has 2 aromatic rings.